The summed E-state index contributed by atoms with van der Waals surface area (Å²) in [6.07, 6.45) is 0.713. The third-order valence-electron chi connectivity index (χ3n) is 2.24. The van der Waals surface area contributed by atoms with Gasteiger partial charge in [0, 0.05) is 18.2 Å². The lowest BCUT2D eigenvalue weighted by atomic mass is 10.1. The fourth-order valence-electron chi connectivity index (χ4n) is 1.40. The molecule has 92 valence electrons. The molecule has 1 aromatic carbocycles. The molecule has 0 saturated carbocycles. The molecule has 0 unspecified atom stereocenters. The molecule has 17 heavy (non-hydrogen) atoms. The lowest BCUT2D eigenvalue weighted by Gasteiger charge is -2.04. The Hall–Kier alpha value is -1.95. The third-order valence-corrected chi connectivity index (χ3v) is 2.24. The minimum Gasteiger partial charge on any atom is -0.356 e. The zero-order valence-corrected chi connectivity index (χ0v) is 9.39. The number of nitrogens with zero attached hydrogens (tertiary/aromatic N) is 1. The molecule has 0 radical (unpaired) electrons. The first-order valence-electron chi connectivity index (χ1n) is 5.34. The standard InChI is InChI=1S/C11H15N3O3/c12-6-3-7-13-11(15)8-9-4-1-2-5-10(9)14(16)17/h1-2,4-5H,3,6-8,12H2,(H,13,15). The summed E-state index contributed by atoms with van der Waals surface area (Å²) < 4.78 is 0. The molecule has 6 heteroatoms. The highest BCUT2D eigenvalue weighted by Gasteiger charge is 2.14. The molecule has 0 atom stereocenters. The molecule has 3 N–H and O–H groups in total. The second-order valence-corrected chi connectivity index (χ2v) is 3.55. The molecule has 0 fully saturated rings. The van der Waals surface area contributed by atoms with E-state index in [1.165, 1.54) is 6.07 Å². The van der Waals surface area contributed by atoms with Crippen molar-refractivity contribution in [3.63, 3.8) is 0 Å². The van der Waals surface area contributed by atoms with Gasteiger partial charge in [-0.25, -0.2) is 0 Å². The predicted octanol–water partition coefficient (Wildman–Crippen LogP) is 0.602. The van der Waals surface area contributed by atoms with E-state index < -0.39 is 4.92 Å². The van der Waals surface area contributed by atoms with Crippen LogP contribution in [0.25, 0.3) is 0 Å². The molecule has 0 heterocycles. The van der Waals surface area contributed by atoms with E-state index in [4.69, 9.17) is 5.73 Å². The Morgan fingerprint density at radius 3 is 2.76 bits per heavy atom. The van der Waals surface area contributed by atoms with Crippen LogP contribution in [-0.4, -0.2) is 23.9 Å². The first-order chi connectivity index (χ1) is 8.15. The van der Waals surface area contributed by atoms with Gasteiger partial charge in [-0.15, -0.1) is 0 Å². The van der Waals surface area contributed by atoms with Crippen LogP contribution in [0.4, 0.5) is 5.69 Å². The van der Waals surface area contributed by atoms with Crippen molar-refractivity contribution in [1.29, 1.82) is 0 Å². The largest absolute Gasteiger partial charge is 0.356 e. The quantitative estimate of drug-likeness (QED) is 0.430. The summed E-state index contributed by atoms with van der Waals surface area (Å²) in [4.78, 5) is 21.7. The van der Waals surface area contributed by atoms with E-state index in [9.17, 15) is 14.9 Å². The zero-order chi connectivity index (χ0) is 12.7. The lowest BCUT2D eigenvalue weighted by molar-refractivity contribution is -0.385. The summed E-state index contributed by atoms with van der Waals surface area (Å²) in [6, 6.07) is 6.23. The molecule has 0 aliphatic rings. The number of amides is 1. The third kappa shape index (κ3) is 4.20. The Kier molecular flexibility index (Phi) is 5.09. The molecule has 1 rings (SSSR count). The van der Waals surface area contributed by atoms with Gasteiger partial charge in [-0.2, -0.15) is 0 Å². The topological polar surface area (TPSA) is 98.3 Å². The van der Waals surface area contributed by atoms with Crippen molar-refractivity contribution in [3.05, 3.63) is 39.9 Å². The normalized spacial score (nSPS) is 9.94. The van der Waals surface area contributed by atoms with E-state index in [0.29, 0.717) is 25.1 Å². The van der Waals surface area contributed by atoms with E-state index in [1.54, 1.807) is 18.2 Å². The van der Waals surface area contributed by atoms with Gasteiger partial charge in [-0.1, -0.05) is 18.2 Å². The Bertz CT molecular complexity index is 407. The number of carbonyl (C=O) groups is 1. The summed E-state index contributed by atoms with van der Waals surface area (Å²) in [7, 11) is 0. The van der Waals surface area contributed by atoms with E-state index in [2.05, 4.69) is 5.32 Å². The number of rotatable bonds is 6. The Morgan fingerprint density at radius 2 is 2.12 bits per heavy atom. The van der Waals surface area contributed by atoms with E-state index >= 15 is 0 Å². The van der Waals surface area contributed by atoms with Crippen molar-refractivity contribution in [1.82, 2.24) is 5.32 Å². The number of nitro benzene ring substituents is 1. The lowest BCUT2D eigenvalue weighted by Crippen LogP contribution is -2.27. The molecule has 0 saturated heterocycles. The predicted molar refractivity (Wildman–Crippen MR) is 63.5 cm³/mol. The fourth-order valence-corrected chi connectivity index (χ4v) is 1.40. The highest BCUT2D eigenvalue weighted by Crippen LogP contribution is 2.17. The molecule has 1 amide bonds. The minimum absolute atomic E-state index is 0.0156. The highest BCUT2D eigenvalue weighted by molar-refractivity contribution is 5.79. The van der Waals surface area contributed by atoms with Crippen LogP contribution in [0.1, 0.15) is 12.0 Å². The van der Waals surface area contributed by atoms with Gasteiger partial charge in [-0.05, 0) is 13.0 Å². The molecular weight excluding hydrogens is 222 g/mol. The Balaban J connectivity index is 2.61. The van der Waals surface area contributed by atoms with Crippen LogP contribution in [0, 0.1) is 10.1 Å². The first kappa shape index (κ1) is 13.1. The number of para-hydroxylation sites is 1. The summed E-state index contributed by atoms with van der Waals surface area (Å²) in [5.74, 6) is -0.229. The number of hydrogen-bond acceptors (Lipinski definition) is 4. The van der Waals surface area contributed by atoms with Crippen LogP contribution < -0.4 is 11.1 Å². The van der Waals surface area contributed by atoms with Crippen LogP contribution in [0.15, 0.2) is 24.3 Å². The Morgan fingerprint density at radius 1 is 1.41 bits per heavy atom. The number of nitrogens with two attached hydrogens (primary N) is 1. The van der Waals surface area contributed by atoms with Crippen molar-refractivity contribution in [2.75, 3.05) is 13.1 Å². The average molecular weight is 237 g/mol. The molecule has 0 spiro atoms. The Labute approximate surface area is 99.0 Å². The van der Waals surface area contributed by atoms with Crippen molar-refractivity contribution >= 4 is 11.6 Å². The van der Waals surface area contributed by atoms with Crippen molar-refractivity contribution in [2.24, 2.45) is 5.73 Å². The summed E-state index contributed by atoms with van der Waals surface area (Å²) in [5.41, 5.74) is 5.68. The van der Waals surface area contributed by atoms with Gasteiger partial charge in [0.2, 0.25) is 5.91 Å². The summed E-state index contributed by atoms with van der Waals surface area (Å²) >= 11 is 0. The monoisotopic (exact) mass is 237 g/mol. The van der Waals surface area contributed by atoms with E-state index in [1.807, 2.05) is 0 Å². The minimum atomic E-state index is -0.484. The molecule has 1 aromatic rings. The summed E-state index contributed by atoms with van der Waals surface area (Å²) in [5, 5.41) is 13.4. The van der Waals surface area contributed by atoms with Crippen molar-refractivity contribution in [2.45, 2.75) is 12.8 Å². The maximum atomic E-state index is 11.5. The smallest absolute Gasteiger partial charge is 0.273 e. The van der Waals surface area contributed by atoms with Gasteiger partial charge in [0.25, 0.3) is 5.69 Å². The van der Waals surface area contributed by atoms with Gasteiger partial charge < -0.3 is 11.1 Å². The average Bonchev–Trinajstić information content (AvgIpc) is 2.29. The van der Waals surface area contributed by atoms with Gasteiger partial charge in [0.05, 0.1) is 11.3 Å². The number of hydrogen-bond donors (Lipinski definition) is 2. The van der Waals surface area contributed by atoms with Crippen LogP contribution in [-0.2, 0) is 11.2 Å². The van der Waals surface area contributed by atoms with Gasteiger partial charge in [-0.3, -0.25) is 14.9 Å². The van der Waals surface area contributed by atoms with E-state index in [-0.39, 0.29) is 18.0 Å². The van der Waals surface area contributed by atoms with Crippen molar-refractivity contribution in [3.8, 4) is 0 Å². The van der Waals surface area contributed by atoms with Crippen LogP contribution >= 0.6 is 0 Å². The molecule has 0 bridgehead atoms. The molecular formula is C11H15N3O3. The highest BCUT2D eigenvalue weighted by atomic mass is 16.6. The molecule has 0 aromatic heterocycles. The first-order valence-corrected chi connectivity index (χ1v) is 5.34. The maximum Gasteiger partial charge on any atom is 0.273 e. The van der Waals surface area contributed by atoms with Crippen molar-refractivity contribution < 1.29 is 9.72 Å². The molecule has 0 aliphatic heterocycles. The number of carbonyl (C=O) groups excluding carboxylic acids is 1. The van der Waals surface area contributed by atoms with Crippen LogP contribution in [0.2, 0.25) is 0 Å². The number of nitro groups is 1. The second-order valence-electron chi connectivity index (χ2n) is 3.55. The SMILES string of the molecule is NCCCNC(=O)Cc1ccccc1[N+](=O)[O-]. The molecule has 6 nitrogen and oxygen atoms in total. The number of nitrogens with one attached hydrogen (secondary N) is 1. The summed E-state index contributed by atoms with van der Waals surface area (Å²) in [6.45, 7) is 1.00. The fraction of sp³-hybridized carbons (Fsp3) is 0.364. The van der Waals surface area contributed by atoms with Crippen LogP contribution in [0.3, 0.4) is 0 Å². The molecule has 0 aliphatic carbocycles. The van der Waals surface area contributed by atoms with Crippen LogP contribution in [0.5, 0.6) is 0 Å². The second kappa shape index (κ2) is 6.59. The van der Waals surface area contributed by atoms with Gasteiger partial charge >= 0.3 is 0 Å². The maximum absolute atomic E-state index is 11.5. The van der Waals surface area contributed by atoms with E-state index in [0.717, 1.165) is 0 Å². The number of benzene rings is 1. The van der Waals surface area contributed by atoms with Gasteiger partial charge in [0.1, 0.15) is 0 Å². The van der Waals surface area contributed by atoms with Gasteiger partial charge in [0.15, 0.2) is 0 Å². The zero-order valence-electron chi connectivity index (χ0n) is 9.39.